The van der Waals surface area contributed by atoms with Crippen molar-refractivity contribution in [3.8, 4) is 0 Å². The lowest BCUT2D eigenvalue weighted by Crippen LogP contribution is -2.54. The zero-order valence-electron chi connectivity index (χ0n) is 11.7. The summed E-state index contributed by atoms with van der Waals surface area (Å²) < 4.78 is 0. The van der Waals surface area contributed by atoms with Crippen molar-refractivity contribution < 1.29 is 19.6 Å². The third-order valence-electron chi connectivity index (χ3n) is 4.68. The largest absolute Gasteiger partial charge is 0.344 e. The van der Waals surface area contributed by atoms with Crippen LogP contribution in [0, 0.1) is 5.92 Å². The summed E-state index contributed by atoms with van der Waals surface area (Å²) in [5, 5.41) is 10.3. The number of hydrogen-bond acceptors (Lipinski definition) is 4. The predicted molar refractivity (Wildman–Crippen MR) is 70.8 cm³/mol. The van der Waals surface area contributed by atoms with Gasteiger partial charge < -0.3 is 4.90 Å². The van der Waals surface area contributed by atoms with E-state index in [9.17, 15) is 19.6 Å². The van der Waals surface area contributed by atoms with Gasteiger partial charge in [0, 0.05) is 12.5 Å². The highest BCUT2D eigenvalue weighted by molar-refractivity contribution is 5.90. The third-order valence-corrected chi connectivity index (χ3v) is 4.68. The Morgan fingerprint density at radius 3 is 2.43 bits per heavy atom. The molecule has 116 valence electrons. The van der Waals surface area contributed by atoms with Gasteiger partial charge in [0.2, 0.25) is 5.91 Å². The molecule has 2 heterocycles. The van der Waals surface area contributed by atoms with Gasteiger partial charge in [-0.25, -0.2) is 9.86 Å². The number of nitrogens with one attached hydrogen (secondary N) is 2. The van der Waals surface area contributed by atoms with E-state index >= 15 is 0 Å². The van der Waals surface area contributed by atoms with Crippen molar-refractivity contribution in [3.63, 3.8) is 0 Å². The Kier molecular flexibility index (Phi) is 3.71. The van der Waals surface area contributed by atoms with Crippen LogP contribution in [0.5, 0.6) is 0 Å². The number of fused-ring (bicyclic) bond motifs is 2. The molecule has 8 nitrogen and oxygen atoms in total. The van der Waals surface area contributed by atoms with Gasteiger partial charge in [-0.15, -0.1) is 0 Å². The van der Waals surface area contributed by atoms with Gasteiger partial charge in [0.15, 0.2) is 0 Å². The number of amides is 4. The van der Waals surface area contributed by atoms with Crippen LogP contribution in [0.15, 0.2) is 0 Å². The molecule has 2 bridgehead atoms. The SMILES string of the molecule is O=C(NNC(=O)[C@@H]1CCC2CN1C(=O)N2O)C1CCCC1. The van der Waals surface area contributed by atoms with E-state index < -0.39 is 18.0 Å². The van der Waals surface area contributed by atoms with Gasteiger partial charge in [0.25, 0.3) is 5.91 Å². The minimum atomic E-state index is -0.630. The number of piperidine rings is 1. The average Bonchev–Trinajstić information content (AvgIpc) is 3.10. The number of rotatable bonds is 2. The minimum absolute atomic E-state index is 0.0256. The van der Waals surface area contributed by atoms with Crippen LogP contribution in [0.4, 0.5) is 4.79 Å². The molecule has 0 aromatic heterocycles. The van der Waals surface area contributed by atoms with Crippen LogP contribution in [-0.4, -0.2) is 51.6 Å². The standard InChI is InChI=1S/C13H20N4O4/c18-11(8-3-1-2-4-8)14-15-12(19)10-6-5-9-7-16(10)13(20)17(9)21/h8-10,21H,1-7H2,(H,14,18)(H,15,19)/t9?,10-/m0/s1. The van der Waals surface area contributed by atoms with Crippen molar-refractivity contribution in [2.75, 3.05) is 6.54 Å². The molecule has 2 aliphatic heterocycles. The molecule has 3 aliphatic rings. The molecule has 1 unspecified atom stereocenters. The fourth-order valence-corrected chi connectivity index (χ4v) is 3.42. The second kappa shape index (κ2) is 5.51. The predicted octanol–water partition coefficient (Wildman–Crippen LogP) is -0.0182. The Morgan fingerprint density at radius 2 is 1.71 bits per heavy atom. The van der Waals surface area contributed by atoms with Crippen molar-refractivity contribution >= 4 is 17.8 Å². The Morgan fingerprint density at radius 1 is 1.05 bits per heavy atom. The lowest BCUT2D eigenvalue weighted by molar-refractivity contribution is -0.133. The highest BCUT2D eigenvalue weighted by Gasteiger charge is 2.46. The molecule has 3 fully saturated rings. The van der Waals surface area contributed by atoms with Crippen LogP contribution in [0.25, 0.3) is 0 Å². The highest BCUT2D eigenvalue weighted by atomic mass is 16.5. The van der Waals surface area contributed by atoms with E-state index in [1.165, 1.54) is 4.90 Å². The molecule has 3 N–H and O–H groups in total. The first-order chi connectivity index (χ1) is 10.1. The lowest BCUT2D eigenvalue weighted by atomic mass is 10.0. The fourth-order valence-electron chi connectivity index (χ4n) is 3.42. The first kappa shape index (κ1) is 14.1. The molecule has 2 saturated heterocycles. The third kappa shape index (κ3) is 2.55. The van der Waals surface area contributed by atoms with E-state index in [1.54, 1.807) is 0 Å². The van der Waals surface area contributed by atoms with Gasteiger partial charge in [-0.3, -0.25) is 25.6 Å². The van der Waals surface area contributed by atoms with Crippen LogP contribution in [0.2, 0.25) is 0 Å². The lowest BCUT2D eigenvalue weighted by Gasteiger charge is -2.29. The number of nitrogens with zero attached hydrogens (tertiary/aromatic N) is 2. The summed E-state index contributed by atoms with van der Waals surface area (Å²) in [6, 6.07) is -1.40. The quantitative estimate of drug-likeness (QED) is 0.492. The molecule has 4 amide bonds. The molecule has 0 aromatic carbocycles. The topological polar surface area (TPSA) is 102 Å². The Hall–Kier alpha value is -1.83. The molecular weight excluding hydrogens is 276 g/mol. The van der Waals surface area contributed by atoms with Gasteiger partial charge in [-0.05, 0) is 25.7 Å². The Balaban J connectivity index is 1.53. The van der Waals surface area contributed by atoms with Gasteiger partial charge in [0.1, 0.15) is 6.04 Å². The monoisotopic (exact) mass is 296 g/mol. The number of urea groups is 1. The van der Waals surface area contributed by atoms with Crippen LogP contribution in [-0.2, 0) is 9.59 Å². The second-order valence-electron chi connectivity index (χ2n) is 5.99. The summed E-state index contributed by atoms with van der Waals surface area (Å²) in [6.07, 6.45) is 4.87. The molecule has 2 atom stereocenters. The number of hydrazine groups is 1. The molecule has 1 saturated carbocycles. The first-order valence-corrected chi connectivity index (χ1v) is 7.46. The maximum atomic E-state index is 12.1. The second-order valence-corrected chi connectivity index (χ2v) is 5.99. The van der Waals surface area contributed by atoms with Crippen LogP contribution < -0.4 is 10.9 Å². The van der Waals surface area contributed by atoms with Gasteiger partial charge >= 0.3 is 6.03 Å². The molecule has 1 aliphatic carbocycles. The summed E-state index contributed by atoms with van der Waals surface area (Å²) in [6.45, 7) is 0.351. The minimum Gasteiger partial charge on any atom is -0.309 e. The van der Waals surface area contributed by atoms with Crippen molar-refractivity contribution in [2.24, 2.45) is 5.92 Å². The fraction of sp³-hybridized carbons (Fsp3) is 0.769. The van der Waals surface area contributed by atoms with E-state index in [4.69, 9.17) is 0 Å². The van der Waals surface area contributed by atoms with Crippen molar-refractivity contribution in [1.29, 1.82) is 0 Å². The smallest absolute Gasteiger partial charge is 0.309 e. The molecule has 21 heavy (non-hydrogen) atoms. The highest BCUT2D eigenvalue weighted by Crippen LogP contribution is 2.28. The van der Waals surface area contributed by atoms with Crippen molar-refractivity contribution in [2.45, 2.75) is 50.6 Å². The number of carbonyl (C=O) groups is 3. The van der Waals surface area contributed by atoms with Gasteiger partial charge in [-0.2, -0.15) is 0 Å². The zero-order valence-corrected chi connectivity index (χ0v) is 11.7. The molecule has 0 spiro atoms. The maximum absolute atomic E-state index is 12.1. The summed E-state index contributed by atoms with van der Waals surface area (Å²) in [5.74, 6) is -0.586. The summed E-state index contributed by atoms with van der Waals surface area (Å²) in [4.78, 5) is 37.1. The summed E-state index contributed by atoms with van der Waals surface area (Å²) in [7, 11) is 0. The molecule has 8 heteroatoms. The van der Waals surface area contributed by atoms with Crippen molar-refractivity contribution in [1.82, 2.24) is 20.8 Å². The van der Waals surface area contributed by atoms with Gasteiger partial charge in [-0.1, -0.05) is 12.8 Å². The number of carbonyl (C=O) groups excluding carboxylic acids is 3. The van der Waals surface area contributed by atoms with E-state index in [2.05, 4.69) is 10.9 Å². The van der Waals surface area contributed by atoms with Crippen LogP contribution in [0.1, 0.15) is 38.5 Å². The van der Waals surface area contributed by atoms with E-state index in [1.807, 2.05) is 0 Å². The van der Waals surface area contributed by atoms with Crippen molar-refractivity contribution in [3.05, 3.63) is 0 Å². The van der Waals surface area contributed by atoms with Crippen LogP contribution in [0.3, 0.4) is 0 Å². The molecule has 3 rings (SSSR count). The molecule has 0 aromatic rings. The van der Waals surface area contributed by atoms with Gasteiger partial charge in [0.05, 0.1) is 6.04 Å². The number of hydrogen-bond donors (Lipinski definition) is 3. The Labute approximate surface area is 122 Å². The van der Waals surface area contributed by atoms with Crippen LogP contribution >= 0.6 is 0 Å². The normalized spacial score (nSPS) is 28.9. The number of hydroxylamine groups is 2. The summed E-state index contributed by atoms with van der Waals surface area (Å²) in [5.41, 5.74) is 4.87. The van der Waals surface area contributed by atoms with E-state index in [-0.39, 0.29) is 17.9 Å². The molecule has 0 radical (unpaired) electrons. The summed E-state index contributed by atoms with van der Waals surface area (Å²) >= 11 is 0. The Bertz CT molecular complexity index is 463. The van der Waals surface area contributed by atoms with E-state index in [0.29, 0.717) is 24.4 Å². The first-order valence-electron chi connectivity index (χ1n) is 7.46. The maximum Gasteiger partial charge on any atom is 0.344 e. The zero-order chi connectivity index (χ0) is 15.0. The average molecular weight is 296 g/mol. The molecular formula is C13H20N4O4. The van der Waals surface area contributed by atoms with E-state index in [0.717, 1.165) is 25.7 Å².